The predicted octanol–water partition coefficient (Wildman–Crippen LogP) is 1.09. The number of nitrogens with zero attached hydrogens (tertiary/aromatic N) is 1. The Labute approximate surface area is 157 Å². The number of hydrogen-bond acceptors (Lipinski definition) is 5. The largest absolute Gasteiger partial charge is 0.497 e. The van der Waals surface area contributed by atoms with Gasteiger partial charge in [0.25, 0.3) is 5.91 Å². The molecule has 1 aromatic rings. The lowest BCUT2D eigenvalue weighted by Gasteiger charge is -2.25. The zero-order chi connectivity index (χ0) is 20.2. The lowest BCUT2D eigenvalue weighted by atomic mass is 9.87. The van der Waals surface area contributed by atoms with E-state index in [2.05, 4.69) is 16.0 Å². The van der Waals surface area contributed by atoms with E-state index >= 15 is 0 Å². The van der Waals surface area contributed by atoms with Crippen molar-refractivity contribution in [3.8, 4) is 5.75 Å². The summed E-state index contributed by atoms with van der Waals surface area (Å²) < 4.78 is 5.11. The first kappa shape index (κ1) is 20.2. The Balaban J connectivity index is 2.16. The summed E-state index contributed by atoms with van der Waals surface area (Å²) in [7, 11) is 1.53. The van der Waals surface area contributed by atoms with Crippen molar-refractivity contribution in [3.05, 3.63) is 29.8 Å². The average molecular weight is 376 g/mol. The molecule has 1 fully saturated rings. The molecule has 9 nitrogen and oxygen atoms in total. The van der Waals surface area contributed by atoms with Crippen LogP contribution in [-0.2, 0) is 15.1 Å². The highest BCUT2D eigenvalue weighted by Crippen LogP contribution is 2.33. The standard InChI is InChI=1S/C18H24N4O5/c1-5-18(12-6-8-13(27-4)9-7-12)15(24)22(17(26)21-18)10-14(23)20-16(25)19-11(2)3/h6-9,11H,5,10H2,1-4H3,(H,21,26)(H2,19,20,23,25). The molecule has 0 bridgehead atoms. The number of urea groups is 2. The van der Waals surface area contributed by atoms with E-state index in [-0.39, 0.29) is 6.04 Å². The Bertz CT molecular complexity index is 747. The minimum absolute atomic E-state index is 0.155. The van der Waals surface area contributed by atoms with E-state index in [9.17, 15) is 19.2 Å². The van der Waals surface area contributed by atoms with Crippen LogP contribution in [-0.4, -0.2) is 48.5 Å². The van der Waals surface area contributed by atoms with E-state index in [0.29, 0.717) is 17.7 Å². The van der Waals surface area contributed by atoms with Crippen molar-refractivity contribution in [2.24, 2.45) is 0 Å². The summed E-state index contributed by atoms with van der Waals surface area (Å²) in [6, 6.07) is 5.25. The monoisotopic (exact) mass is 376 g/mol. The number of imide groups is 2. The van der Waals surface area contributed by atoms with Gasteiger partial charge in [-0.25, -0.2) is 9.59 Å². The molecule has 9 heteroatoms. The third-order valence-electron chi connectivity index (χ3n) is 4.26. The molecule has 1 unspecified atom stereocenters. The lowest BCUT2D eigenvalue weighted by Crippen LogP contribution is -2.48. The molecule has 1 aliphatic rings. The third-order valence-corrected chi connectivity index (χ3v) is 4.26. The van der Waals surface area contributed by atoms with Crippen LogP contribution >= 0.6 is 0 Å². The second kappa shape index (κ2) is 8.07. The summed E-state index contributed by atoms with van der Waals surface area (Å²) in [5.74, 6) is -0.674. The van der Waals surface area contributed by atoms with Crippen LogP contribution in [0.4, 0.5) is 9.59 Å². The number of benzene rings is 1. The molecule has 2 rings (SSSR count). The second-order valence-corrected chi connectivity index (χ2v) is 6.49. The summed E-state index contributed by atoms with van der Waals surface area (Å²) >= 11 is 0. The number of nitrogens with one attached hydrogen (secondary N) is 3. The van der Waals surface area contributed by atoms with Gasteiger partial charge < -0.3 is 15.4 Å². The van der Waals surface area contributed by atoms with Gasteiger partial charge in [-0.3, -0.25) is 19.8 Å². The second-order valence-electron chi connectivity index (χ2n) is 6.49. The highest BCUT2D eigenvalue weighted by Gasteiger charge is 2.51. The molecular formula is C18H24N4O5. The Morgan fingerprint density at radius 2 is 1.85 bits per heavy atom. The van der Waals surface area contributed by atoms with Gasteiger partial charge in [0.2, 0.25) is 5.91 Å². The Kier molecular flexibility index (Phi) is 6.04. The highest BCUT2D eigenvalue weighted by atomic mass is 16.5. The van der Waals surface area contributed by atoms with Crippen LogP contribution in [0.5, 0.6) is 5.75 Å². The van der Waals surface area contributed by atoms with E-state index in [0.717, 1.165) is 4.90 Å². The molecule has 27 heavy (non-hydrogen) atoms. The smallest absolute Gasteiger partial charge is 0.325 e. The van der Waals surface area contributed by atoms with Crippen molar-refractivity contribution in [3.63, 3.8) is 0 Å². The van der Waals surface area contributed by atoms with E-state index in [4.69, 9.17) is 4.74 Å². The summed E-state index contributed by atoms with van der Waals surface area (Å²) in [6.07, 6.45) is 0.301. The Hall–Kier alpha value is -3.10. The van der Waals surface area contributed by atoms with Crippen molar-refractivity contribution >= 4 is 23.9 Å². The maximum absolute atomic E-state index is 13.0. The number of methoxy groups -OCH3 is 1. The molecule has 1 aliphatic heterocycles. The molecule has 146 valence electrons. The fourth-order valence-electron chi connectivity index (χ4n) is 2.89. The van der Waals surface area contributed by atoms with Crippen LogP contribution in [0.15, 0.2) is 24.3 Å². The van der Waals surface area contributed by atoms with Crippen LogP contribution < -0.4 is 20.7 Å². The third kappa shape index (κ3) is 4.18. The maximum atomic E-state index is 13.0. The highest BCUT2D eigenvalue weighted by molar-refractivity contribution is 6.10. The normalized spacial score (nSPS) is 19.1. The fraction of sp³-hybridized carbons (Fsp3) is 0.444. The number of carbonyl (C=O) groups is 4. The van der Waals surface area contributed by atoms with Gasteiger partial charge >= 0.3 is 12.1 Å². The minimum atomic E-state index is -1.26. The number of amides is 6. The molecule has 1 aromatic carbocycles. The summed E-state index contributed by atoms with van der Waals surface area (Å²) in [6.45, 7) is 4.70. The van der Waals surface area contributed by atoms with Crippen LogP contribution in [0.3, 0.4) is 0 Å². The number of hydrogen-bond donors (Lipinski definition) is 3. The first-order valence-electron chi connectivity index (χ1n) is 8.62. The fourth-order valence-corrected chi connectivity index (χ4v) is 2.89. The summed E-state index contributed by atoms with van der Waals surface area (Å²) in [5, 5.41) is 7.28. The number of rotatable bonds is 6. The van der Waals surface area contributed by atoms with Crippen molar-refractivity contribution in [2.75, 3.05) is 13.7 Å². The van der Waals surface area contributed by atoms with Crippen molar-refractivity contribution < 1.29 is 23.9 Å². The van der Waals surface area contributed by atoms with Gasteiger partial charge in [0.15, 0.2) is 0 Å². The van der Waals surface area contributed by atoms with E-state index in [1.54, 1.807) is 45.0 Å². The maximum Gasteiger partial charge on any atom is 0.325 e. The summed E-state index contributed by atoms with van der Waals surface area (Å²) in [4.78, 5) is 49.8. The molecule has 0 aromatic heterocycles. The van der Waals surface area contributed by atoms with E-state index in [1.807, 2.05) is 0 Å². The van der Waals surface area contributed by atoms with E-state index < -0.39 is 36.0 Å². The predicted molar refractivity (Wildman–Crippen MR) is 97.0 cm³/mol. The molecule has 0 spiro atoms. The van der Waals surface area contributed by atoms with Crippen molar-refractivity contribution in [2.45, 2.75) is 38.8 Å². The topological polar surface area (TPSA) is 117 Å². The molecule has 0 radical (unpaired) electrons. The number of carbonyl (C=O) groups excluding carboxylic acids is 4. The van der Waals surface area contributed by atoms with Gasteiger partial charge in [0.05, 0.1) is 7.11 Å². The number of ether oxygens (including phenoxy) is 1. The molecule has 1 atom stereocenters. The van der Waals surface area contributed by atoms with Gasteiger partial charge in [-0.05, 0) is 38.0 Å². The zero-order valence-corrected chi connectivity index (χ0v) is 15.8. The van der Waals surface area contributed by atoms with Crippen LogP contribution in [0.1, 0.15) is 32.8 Å². The zero-order valence-electron chi connectivity index (χ0n) is 15.8. The van der Waals surface area contributed by atoms with Gasteiger partial charge in [-0.1, -0.05) is 19.1 Å². The lowest BCUT2D eigenvalue weighted by molar-refractivity contribution is -0.135. The van der Waals surface area contributed by atoms with Crippen molar-refractivity contribution in [1.29, 1.82) is 0 Å². The van der Waals surface area contributed by atoms with Gasteiger partial charge in [-0.15, -0.1) is 0 Å². The average Bonchev–Trinajstić information content (AvgIpc) is 2.86. The van der Waals surface area contributed by atoms with Crippen LogP contribution in [0.2, 0.25) is 0 Å². The molecule has 0 saturated carbocycles. The Morgan fingerprint density at radius 3 is 2.37 bits per heavy atom. The SMILES string of the molecule is CCC1(c2ccc(OC)cc2)NC(=O)N(CC(=O)NC(=O)NC(C)C)C1=O. The van der Waals surface area contributed by atoms with E-state index in [1.165, 1.54) is 7.11 Å². The molecule has 1 saturated heterocycles. The molecule has 0 aliphatic carbocycles. The Morgan fingerprint density at radius 1 is 1.22 bits per heavy atom. The first-order chi connectivity index (χ1) is 12.7. The molecule has 1 heterocycles. The van der Waals surface area contributed by atoms with Crippen molar-refractivity contribution in [1.82, 2.24) is 20.9 Å². The molecular weight excluding hydrogens is 352 g/mol. The quantitative estimate of drug-likeness (QED) is 0.643. The van der Waals surface area contributed by atoms with Gasteiger partial charge in [0, 0.05) is 6.04 Å². The van der Waals surface area contributed by atoms with Crippen LogP contribution in [0, 0.1) is 0 Å². The minimum Gasteiger partial charge on any atom is -0.497 e. The first-order valence-corrected chi connectivity index (χ1v) is 8.62. The molecule has 3 N–H and O–H groups in total. The van der Waals surface area contributed by atoms with Gasteiger partial charge in [-0.2, -0.15) is 0 Å². The summed E-state index contributed by atoms with van der Waals surface area (Å²) in [5.41, 5.74) is -0.672. The molecule has 6 amide bonds. The van der Waals surface area contributed by atoms with Gasteiger partial charge in [0.1, 0.15) is 17.8 Å². The van der Waals surface area contributed by atoms with Crippen LogP contribution in [0.25, 0.3) is 0 Å².